The first kappa shape index (κ1) is 15.0. The van der Waals surface area contributed by atoms with Crippen LogP contribution in [0.15, 0.2) is 40.1 Å². The molecule has 1 saturated heterocycles. The standard InChI is InChI=1S/C17H16N4O2S/c22-16-15-12(2-1-5-18-15)8-13(20-16)11-3-6-21(7-4-11)17(23)14-9-24-10-19-14/h1-2,5,8-11H,3-4,6-7H2,(H,20,22). The second-order valence-corrected chi connectivity index (χ2v) is 6.65. The van der Waals surface area contributed by atoms with Gasteiger partial charge in [-0.3, -0.25) is 14.6 Å². The molecule has 7 heteroatoms. The molecule has 4 rings (SSSR count). The Bertz CT molecular complexity index is 927. The molecule has 1 aliphatic rings. The summed E-state index contributed by atoms with van der Waals surface area (Å²) in [6.07, 6.45) is 3.29. The molecule has 0 aliphatic carbocycles. The monoisotopic (exact) mass is 340 g/mol. The highest BCUT2D eigenvalue weighted by molar-refractivity contribution is 7.07. The fourth-order valence-corrected chi connectivity index (χ4v) is 3.74. The lowest BCUT2D eigenvalue weighted by Gasteiger charge is -2.31. The number of hydrogen-bond donors (Lipinski definition) is 1. The van der Waals surface area contributed by atoms with Gasteiger partial charge in [0.1, 0.15) is 11.2 Å². The predicted octanol–water partition coefficient (Wildman–Crippen LogP) is 2.40. The van der Waals surface area contributed by atoms with Gasteiger partial charge in [-0.2, -0.15) is 0 Å². The van der Waals surface area contributed by atoms with Crippen LogP contribution in [0.4, 0.5) is 0 Å². The lowest BCUT2D eigenvalue weighted by Crippen LogP contribution is -2.38. The smallest absolute Gasteiger partial charge is 0.274 e. The van der Waals surface area contributed by atoms with E-state index in [1.54, 1.807) is 17.1 Å². The first-order chi connectivity index (χ1) is 11.7. The Morgan fingerprint density at radius 2 is 2.12 bits per heavy atom. The summed E-state index contributed by atoms with van der Waals surface area (Å²) < 4.78 is 0. The van der Waals surface area contributed by atoms with E-state index in [4.69, 9.17) is 0 Å². The van der Waals surface area contributed by atoms with Gasteiger partial charge in [0, 0.05) is 41.7 Å². The summed E-state index contributed by atoms with van der Waals surface area (Å²) in [5, 5.41) is 2.64. The molecule has 122 valence electrons. The molecule has 4 heterocycles. The highest BCUT2D eigenvalue weighted by Gasteiger charge is 2.26. The minimum absolute atomic E-state index is 0.00842. The molecule has 6 nitrogen and oxygen atoms in total. The van der Waals surface area contributed by atoms with Crippen LogP contribution in [0.25, 0.3) is 10.9 Å². The zero-order valence-electron chi connectivity index (χ0n) is 12.9. The zero-order chi connectivity index (χ0) is 16.5. The number of hydrogen-bond acceptors (Lipinski definition) is 5. The lowest BCUT2D eigenvalue weighted by atomic mass is 9.92. The van der Waals surface area contributed by atoms with Crippen molar-refractivity contribution in [1.82, 2.24) is 19.9 Å². The van der Waals surface area contributed by atoms with Crippen LogP contribution in [0, 0.1) is 0 Å². The number of fused-ring (bicyclic) bond motifs is 1. The summed E-state index contributed by atoms with van der Waals surface area (Å²) >= 11 is 1.43. The fourth-order valence-electron chi connectivity index (χ4n) is 3.21. The third-order valence-electron chi connectivity index (χ3n) is 4.50. The van der Waals surface area contributed by atoms with Crippen molar-refractivity contribution >= 4 is 28.1 Å². The Kier molecular flexibility index (Phi) is 3.86. The zero-order valence-corrected chi connectivity index (χ0v) is 13.8. The molecule has 0 spiro atoms. The van der Waals surface area contributed by atoms with E-state index in [-0.39, 0.29) is 17.4 Å². The number of pyridine rings is 2. The molecule has 0 atom stereocenters. The van der Waals surface area contributed by atoms with Crippen LogP contribution in [0.3, 0.4) is 0 Å². The minimum atomic E-state index is -0.149. The molecule has 0 radical (unpaired) electrons. The van der Waals surface area contributed by atoms with E-state index in [9.17, 15) is 9.59 Å². The summed E-state index contributed by atoms with van der Waals surface area (Å²) in [6.45, 7) is 1.35. The predicted molar refractivity (Wildman–Crippen MR) is 92.4 cm³/mol. The molecule has 1 amide bonds. The molecular formula is C17H16N4O2S. The molecule has 3 aromatic rings. The Balaban J connectivity index is 1.52. The van der Waals surface area contributed by atoms with Crippen molar-refractivity contribution in [3.05, 3.63) is 57.0 Å². The molecule has 0 bridgehead atoms. The molecule has 1 fully saturated rings. The van der Waals surface area contributed by atoms with Gasteiger partial charge < -0.3 is 9.88 Å². The summed E-state index contributed by atoms with van der Waals surface area (Å²) in [7, 11) is 0. The van der Waals surface area contributed by atoms with Gasteiger partial charge in [-0.25, -0.2) is 4.98 Å². The Hall–Kier alpha value is -2.54. The lowest BCUT2D eigenvalue weighted by molar-refractivity contribution is 0.0707. The Morgan fingerprint density at radius 3 is 2.88 bits per heavy atom. The third-order valence-corrected chi connectivity index (χ3v) is 5.08. The molecule has 24 heavy (non-hydrogen) atoms. The van der Waals surface area contributed by atoms with Crippen LogP contribution < -0.4 is 5.56 Å². The quantitative estimate of drug-likeness (QED) is 0.777. The van der Waals surface area contributed by atoms with Crippen LogP contribution in [0.2, 0.25) is 0 Å². The number of amides is 1. The molecule has 1 aliphatic heterocycles. The molecule has 1 N–H and O–H groups in total. The van der Waals surface area contributed by atoms with Gasteiger partial charge in [0.15, 0.2) is 0 Å². The molecule has 3 aromatic heterocycles. The van der Waals surface area contributed by atoms with Gasteiger partial charge in [0.25, 0.3) is 11.5 Å². The van der Waals surface area contributed by atoms with E-state index in [2.05, 4.69) is 15.0 Å². The summed E-state index contributed by atoms with van der Waals surface area (Å²) in [6, 6.07) is 5.75. The highest BCUT2D eigenvalue weighted by Crippen LogP contribution is 2.28. The van der Waals surface area contributed by atoms with E-state index < -0.39 is 0 Å². The normalized spacial score (nSPS) is 15.8. The van der Waals surface area contributed by atoms with Crippen LogP contribution in [-0.2, 0) is 0 Å². The summed E-state index contributed by atoms with van der Waals surface area (Å²) in [5.41, 5.74) is 3.44. The maximum absolute atomic E-state index is 12.3. The van der Waals surface area contributed by atoms with Crippen LogP contribution in [0.5, 0.6) is 0 Å². The minimum Gasteiger partial charge on any atom is -0.337 e. The van der Waals surface area contributed by atoms with Crippen molar-refractivity contribution in [1.29, 1.82) is 0 Å². The molecule has 0 unspecified atom stereocenters. The number of likely N-dealkylation sites (tertiary alicyclic amines) is 1. The van der Waals surface area contributed by atoms with Crippen LogP contribution in [-0.4, -0.2) is 38.8 Å². The number of thiazole rings is 1. The average molecular weight is 340 g/mol. The van der Waals surface area contributed by atoms with Gasteiger partial charge in [0.05, 0.1) is 5.51 Å². The molecular weight excluding hydrogens is 324 g/mol. The van der Waals surface area contributed by atoms with E-state index in [0.29, 0.717) is 24.3 Å². The van der Waals surface area contributed by atoms with Gasteiger partial charge in [-0.05, 0) is 25.0 Å². The van der Waals surface area contributed by atoms with Crippen molar-refractivity contribution in [2.24, 2.45) is 0 Å². The van der Waals surface area contributed by atoms with Crippen molar-refractivity contribution in [3.8, 4) is 0 Å². The number of H-pyrrole nitrogens is 1. The van der Waals surface area contributed by atoms with Gasteiger partial charge in [-0.15, -0.1) is 11.3 Å². The number of aromatic amines is 1. The highest BCUT2D eigenvalue weighted by atomic mass is 32.1. The number of rotatable bonds is 2. The van der Waals surface area contributed by atoms with Crippen LogP contribution >= 0.6 is 11.3 Å². The van der Waals surface area contributed by atoms with Crippen molar-refractivity contribution in [3.63, 3.8) is 0 Å². The van der Waals surface area contributed by atoms with Crippen molar-refractivity contribution in [2.75, 3.05) is 13.1 Å². The fraction of sp³-hybridized carbons (Fsp3) is 0.294. The van der Waals surface area contributed by atoms with E-state index >= 15 is 0 Å². The SMILES string of the molecule is O=C(c1cscn1)N1CCC(c2cc3cccnc3c(=O)[nH]2)CC1. The maximum Gasteiger partial charge on any atom is 0.274 e. The molecule has 0 saturated carbocycles. The van der Waals surface area contributed by atoms with Gasteiger partial charge in [-0.1, -0.05) is 6.07 Å². The van der Waals surface area contributed by atoms with Crippen LogP contribution in [0.1, 0.15) is 34.9 Å². The van der Waals surface area contributed by atoms with E-state index in [0.717, 1.165) is 23.9 Å². The first-order valence-electron chi connectivity index (χ1n) is 7.88. The number of carbonyl (C=O) groups is 1. The Morgan fingerprint density at radius 1 is 1.29 bits per heavy atom. The van der Waals surface area contributed by atoms with E-state index in [1.165, 1.54) is 11.3 Å². The maximum atomic E-state index is 12.3. The van der Waals surface area contributed by atoms with Gasteiger partial charge in [0.2, 0.25) is 0 Å². The van der Waals surface area contributed by atoms with E-state index in [1.807, 2.05) is 23.1 Å². The molecule has 0 aromatic carbocycles. The second kappa shape index (κ2) is 6.16. The number of nitrogens with zero attached hydrogens (tertiary/aromatic N) is 3. The number of piperidine rings is 1. The second-order valence-electron chi connectivity index (χ2n) is 5.94. The largest absolute Gasteiger partial charge is 0.337 e. The number of carbonyl (C=O) groups excluding carboxylic acids is 1. The third kappa shape index (κ3) is 2.71. The topological polar surface area (TPSA) is 79.0 Å². The summed E-state index contributed by atoms with van der Waals surface area (Å²) in [5.74, 6) is 0.243. The van der Waals surface area contributed by atoms with Gasteiger partial charge >= 0.3 is 0 Å². The number of nitrogens with one attached hydrogen (secondary N) is 1. The Labute approximate surface area is 142 Å². The number of aromatic nitrogens is 3. The van der Waals surface area contributed by atoms with Crippen molar-refractivity contribution < 1.29 is 4.79 Å². The van der Waals surface area contributed by atoms with Crippen molar-refractivity contribution in [2.45, 2.75) is 18.8 Å². The summed E-state index contributed by atoms with van der Waals surface area (Å²) in [4.78, 5) is 37.5. The average Bonchev–Trinajstić information content (AvgIpc) is 3.16. The first-order valence-corrected chi connectivity index (χ1v) is 8.82.